The molecule has 1 aliphatic heterocycles. The summed E-state index contributed by atoms with van der Waals surface area (Å²) in [5.74, 6) is 2.61. The lowest BCUT2D eigenvalue weighted by Crippen LogP contribution is -2.35. The number of nitrogens with one attached hydrogen (secondary N) is 1. The van der Waals surface area contributed by atoms with Gasteiger partial charge in [-0.3, -0.25) is 9.69 Å². The molecule has 0 amide bonds. The average molecular weight is 373 g/mol. The van der Waals surface area contributed by atoms with Crippen LogP contribution in [0.25, 0.3) is 0 Å². The van der Waals surface area contributed by atoms with E-state index in [1.165, 1.54) is 6.07 Å². The van der Waals surface area contributed by atoms with E-state index >= 15 is 0 Å². The third-order valence-electron chi connectivity index (χ3n) is 4.88. The Bertz CT molecular complexity index is 821. The molecule has 0 spiro atoms. The van der Waals surface area contributed by atoms with E-state index in [2.05, 4.69) is 14.9 Å². The molecule has 1 saturated heterocycles. The molecule has 146 valence electrons. The van der Waals surface area contributed by atoms with E-state index in [1.54, 1.807) is 21.3 Å². The van der Waals surface area contributed by atoms with Crippen molar-refractivity contribution in [2.45, 2.75) is 31.9 Å². The molecule has 3 rings (SSSR count). The topological polar surface area (TPSA) is 76.7 Å². The molecule has 0 radical (unpaired) electrons. The minimum absolute atomic E-state index is 0.126. The number of aromatic nitrogens is 2. The molecule has 1 fully saturated rings. The fourth-order valence-electron chi connectivity index (χ4n) is 3.61. The summed E-state index contributed by atoms with van der Waals surface area (Å²) in [5, 5.41) is 0. The fraction of sp³-hybridized carbons (Fsp3) is 0.500. The minimum Gasteiger partial charge on any atom is -0.497 e. The summed E-state index contributed by atoms with van der Waals surface area (Å²) >= 11 is 0. The smallest absolute Gasteiger partial charge is 0.251 e. The summed E-state index contributed by atoms with van der Waals surface area (Å²) in [7, 11) is 4.95. The van der Waals surface area contributed by atoms with E-state index < -0.39 is 0 Å². The lowest BCUT2D eigenvalue weighted by molar-refractivity contribution is 0.178. The predicted octanol–water partition coefficient (Wildman–Crippen LogP) is 2.31. The van der Waals surface area contributed by atoms with Gasteiger partial charge in [0.05, 0.1) is 26.5 Å². The Labute approximate surface area is 159 Å². The predicted molar refractivity (Wildman–Crippen MR) is 102 cm³/mol. The molecule has 1 atom stereocenters. The lowest BCUT2D eigenvalue weighted by Gasteiger charge is -2.32. The van der Waals surface area contributed by atoms with Crippen molar-refractivity contribution in [3.8, 4) is 11.5 Å². The molecule has 27 heavy (non-hydrogen) atoms. The van der Waals surface area contributed by atoms with Crippen LogP contribution < -0.4 is 15.0 Å². The van der Waals surface area contributed by atoms with Crippen molar-refractivity contribution < 1.29 is 14.2 Å². The third-order valence-corrected chi connectivity index (χ3v) is 4.88. The number of H-pyrrole nitrogens is 1. The first kappa shape index (κ1) is 19.4. The number of piperidine rings is 1. The van der Waals surface area contributed by atoms with Gasteiger partial charge in [0.1, 0.15) is 17.3 Å². The highest BCUT2D eigenvalue weighted by Crippen LogP contribution is 2.29. The minimum atomic E-state index is -0.126. The molecular weight excluding hydrogens is 346 g/mol. The van der Waals surface area contributed by atoms with E-state index in [-0.39, 0.29) is 11.5 Å². The van der Waals surface area contributed by atoms with E-state index in [0.29, 0.717) is 12.3 Å². The fourth-order valence-corrected chi connectivity index (χ4v) is 3.61. The number of aromatic amines is 1. The molecule has 2 heterocycles. The maximum absolute atomic E-state index is 12.0. The van der Waals surface area contributed by atoms with Crippen molar-refractivity contribution in [3.63, 3.8) is 0 Å². The van der Waals surface area contributed by atoms with Crippen LogP contribution in [0.5, 0.6) is 11.5 Å². The lowest BCUT2D eigenvalue weighted by atomic mass is 9.96. The largest absolute Gasteiger partial charge is 0.497 e. The van der Waals surface area contributed by atoms with Gasteiger partial charge in [-0.05, 0) is 37.6 Å². The number of rotatable bonds is 7. The second-order valence-electron chi connectivity index (χ2n) is 6.81. The van der Waals surface area contributed by atoms with Gasteiger partial charge in [0.25, 0.3) is 5.56 Å². The van der Waals surface area contributed by atoms with Crippen molar-refractivity contribution in [2.24, 2.45) is 0 Å². The third kappa shape index (κ3) is 4.87. The van der Waals surface area contributed by atoms with Gasteiger partial charge in [0.15, 0.2) is 0 Å². The first-order chi connectivity index (χ1) is 13.1. The summed E-state index contributed by atoms with van der Waals surface area (Å²) in [5.41, 5.74) is 1.63. The second-order valence-corrected chi connectivity index (χ2v) is 6.81. The molecule has 1 aromatic heterocycles. The monoisotopic (exact) mass is 373 g/mol. The molecular formula is C20H27N3O4. The van der Waals surface area contributed by atoms with Crippen molar-refractivity contribution >= 4 is 0 Å². The number of hydrogen-bond donors (Lipinski definition) is 1. The summed E-state index contributed by atoms with van der Waals surface area (Å²) in [6, 6.07) is 7.34. The molecule has 1 aromatic carbocycles. The molecule has 0 aliphatic carbocycles. The van der Waals surface area contributed by atoms with E-state index in [1.807, 2.05) is 18.2 Å². The van der Waals surface area contributed by atoms with Crippen LogP contribution in [-0.2, 0) is 17.9 Å². The van der Waals surface area contributed by atoms with Crippen molar-refractivity contribution in [1.82, 2.24) is 14.9 Å². The summed E-state index contributed by atoms with van der Waals surface area (Å²) in [4.78, 5) is 21.8. The molecule has 2 aromatic rings. The number of benzene rings is 1. The Morgan fingerprint density at radius 3 is 2.81 bits per heavy atom. The summed E-state index contributed by atoms with van der Waals surface area (Å²) in [6.45, 7) is 2.94. The molecule has 1 aliphatic rings. The highest BCUT2D eigenvalue weighted by molar-refractivity contribution is 5.40. The van der Waals surface area contributed by atoms with E-state index in [9.17, 15) is 4.79 Å². The van der Waals surface area contributed by atoms with Gasteiger partial charge in [-0.2, -0.15) is 0 Å². The number of likely N-dealkylation sites (tertiary alicyclic amines) is 1. The molecule has 0 saturated carbocycles. The van der Waals surface area contributed by atoms with Gasteiger partial charge in [0, 0.05) is 37.7 Å². The van der Waals surface area contributed by atoms with Gasteiger partial charge in [-0.15, -0.1) is 0 Å². The second kappa shape index (κ2) is 9.01. The van der Waals surface area contributed by atoms with E-state index in [4.69, 9.17) is 14.2 Å². The van der Waals surface area contributed by atoms with Crippen LogP contribution in [0.2, 0.25) is 0 Å². The maximum atomic E-state index is 12.0. The standard InChI is InChI=1S/C20H27N3O4/c1-25-13-16-10-19(24)22-20(21-16)14-5-4-8-23(11-14)12-15-9-17(26-2)6-7-18(15)27-3/h6-7,9-10,14H,4-5,8,11-13H2,1-3H3,(H,21,22,24)/t14-/m1/s1. The zero-order valence-corrected chi connectivity index (χ0v) is 16.2. The number of hydrogen-bond acceptors (Lipinski definition) is 6. The van der Waals surface area contributed by atoms with Crippen molar-refractivity contribution in [1.29, 1.82) is 0 Å². The van der Waals surface area contributed by atoms with Crippen LogP contribution >= 0.6 is 0 Å². The zero-order valence-electron chi connectivity index (χ0n) is 16.2. The van der Waals surface area contributed by atoms with Crippen molar-refractivity contribution in [3.05, 3.63) is 51.7 Å². The van der Waals surface area contributed by atoms with Crippen LogP contribution in [0.15, 0.2) is 29.1 Å². The highest BCUT2D eigenvalue weighted by Gasteiger charge is 2.24. The Kier molecular flexibility index (Phi) is 6.47. The Hall–Kier alpha value is -2.38. The molecule has 1 N–H and O–H groups in total. The van der Waals surface area contributed by atoms with Gasteiger partial charge in [-0.1, -0.05) is 0 Å². The summed E-state index contributed by atoms with van der Waals surface area (Å²) in [6.07, 6.45) is 2.06. The van der Waals surface area contributed by atoms with Gasteiger partial charge in [-0.25, -0.2) is 4.98 Å². The van der Waals surface area contributed by atoms with Crippen molar-refractivity contribution in [2.75, 3.05) is 34.4 Å². The zero-order chi connectivity index (χ0) is 19.2. The van der Waals surface area contributed by atoms with Crippen LogP contribution in [0.1, 0.15) is 35.8 Å². The van der Waals surface area contributed by atoms with Gasteiger partial charge >= 0.3 is 0 Å². The molecule has 0 bridgehead atoms. The van der Waals surface area contributed by atoms with Gasteiger partial charge in [0.2, 0.25) is 0 Å². The number of nitrogens with zero attached hydrogens (tertiary/aromatic N) is 2. The SMILES string of the molecule is COCc1cc(=O)[nH]c([C@@H]2CCCN(Cc3cc(OC)ccc3OC)C2)n1. The van der Waals surface area contributed by atoms with Crippen LogP contribution in [-0.4, -0.2) is 49.3 Å². The first-order valence-corrected chi connectivity index (χ1v) is 9.15. The Morgan fingerprint density at radius 1 is 1.22 bits per heavy atom. The number of ether oxygens (including phenoxy) is 3. The number of methoxy groups -OCH3 is 3. The molecule has 0 unspecified atom stereocenters. The van der Waals surface area contributed by atoms with Crippen LogP contribution in [0, 0.1) is 0 Å². The average Bonchev–Trinajstić information content (AvgIpc) is 2.68. The Balaban J connectivity index is 1.76. The molecule has 7 heteroatoms. The van der Waals surface area contributed by atoms with E-state index in [0.717, 1.165) is 55.4 Å². The summed E-state index contributed by atoms with van der Waals surface area (Å²) < 4.78 is 16.0. The first-order valence-electron chi connectivity index (χ1n) is 9.15. The quantitative estimate of drug-likeness (QED) is 0.803. The maximum Gasteiger partial charge on any atom is 0.251 e. The van der Waals surface area contributed by atoms with Crippen LogP contribution in [0.3, 0.4) is 0 Å². The molecule has 7 nitrogen and oxygen atoms in total. The van der Waals surface area contributed by atoms with Crippen LogP contribution in [0.4, 0.5) is 0 Å². The Morgan fingerprint density at radius 2 is 2.07 bits per heavy atom. The van der Waals surface area contributed by atoms with Gasteiger partial charge < -0.3 is 19.2 Å². The highest BCUT2D eigenvalue weighted by atomic mass is 16.5. The normalized spacial score (nSPS) is 17.7.